The third-order valence-corrected chi connectivity index (χ3v) is 3.50. The largest absolute Gasteiger partial charge is 0.387 e. The van der Waals surface area contributed by atoms with Crippen molar-refractivity contribution in [1.29, 1.82) is 0 Å². The molecule has 2 aromatic rings. The average Bonchev–Trinajstić information content (AvgIpc) is 2.95. The van der Waals surface area contributed by atoms with Crippen LogP contribution in [0.15, 0.2) is 35.6 Å². The van der Waals surface area contributed by atoms with Gasteiger partial charge in [-0.2, -0.15) is 5.10 Å². The molecule has 7 nitrogen and oxygen atoms in total. The van der Waals surface area contributed by atoms with E-state index in [4.69, 9.17) is 11.6 Å². The first kappa shape index (κ1) is 20.7. The zero-order chi connectivity index (χ0) is 16.7. The Labute approximate surface area is 163 Å². The SMILES string of the molecule is CCNC(=NCc1ncnn1C)NCC(O)c1ccc(Cl)cc1.I. The quantitative estimate of drug-likeness (QED) is 0.345. The number of guanidine groups is 1. The van der Waals surface area contributed by atoms with Gasteiger partial charge in [-0.05, 0) is 24.6 Å². The van der Waals surface area contributed by atoms with Crippen molar-refractivity contribution in [1.82, 2.24) is 25.4 Å². The lowest BCUT2D eigenvalue weighted by Gasteiger charge is -2.15. The molecule has 0 fully saturated rings. The van der Waals surface area contributed by atoms with Crippen molar-refractivity contribution in [2.24, 2.45) is 12.0 Å². The third-order valence-electron chi connectivity index (χ3n) is 3.25. The van der Waals surface area contributed by atoms with E-state index in [0.29, 0.717) is 24.1 Å². The molecule has 132 valence electrons. The van der Waals surface area contributed by atoms with Crippen LogP contribution in [0.3, 0.4) is 0 Å². The van der Waals surface area contributed by atoms with Gasteiger partial charge in [0.25, 0.3) is 0 Å². The standard InChI is InChI=1S/C15H21ClN6O.HI/c1-3-17-15(19-9-14-20-10-21-22(14)2)18-8-13(23)11-4-6-12(16)7-5-11;/h4-7,10,13,23H,3,8-9H2,1-2H3,(H2,17,18,19);1H. The first-order valence-corrected chi connectivity index (χ1v) is 7.76. The molecule has 1 aromatic carbocycles. The summed E-state index contributed by atoms with van der Waals surface area (Å²) in [5.41, 5.74) is 0.797. The van der Waals surface area contributed by atoms with Crippen molar-refractivity contribution < 1.29 is 5.11 Å². The minimum Gasteiger partial charge on any atom is -0.387 e. The number of aromatic nitrogens is 3. The smallest absolute Gasteiger partial charge is 0.191 e. The van der Waals surface area contributed by atoms with Gasteiger partial charge in [-0.1, -0.05) is 23.7 Å². The second-order valence-electron chi connectivity index (χ2n) is 4.94. The number of aliphatic imine (C=N–C) groups is 1. The van der Waals surface area contributed by atoms with Gasteiger partial charge in [0.2, 0.25) is 0 Å². The Kier molecular flexibility index (Phi) is 9.01. The summed E-state index contributed by atoms with van der Waals surface area (Å²) in [6.07, 6.45) is 0.848. The van der Waals surface area contributed by atoms with Gasteiger partial charge in [0.1, 0.15) is 18.7 Å². The molecule has 3 N–H and O–H groups in total. The zero-order valence-corrected chi connectivity index (χ0v) is 16.7. The molecule has 9 heteroatoms. The van der Waals surface area contributed by atoms with Gasteiger partial charge in [0, 0.05) is 25.2 Å². The summed E-state index contributed by atoms with van der Waals surface area (Å²) in [5, 5.41) is 21.1. The van der Waals surface area contributed by atoms with Crippen LogP contribution in [0.1, 0.15) is 24.4 Å². The average molecular weight is 465 g/mol. The molecule has 1 aromatic heterocycles. The Hall–Kier alpha value is -1.39. The summed E-state index contributed by atoms with van der Waals surface area (Å²) in [4.78, 5) is 8.56. The Morgan fingerprint density at radius 1 is 1.33 bits per heavy atom. The number of nitrogens with zero attached hydrogens (tertiary/aromatic N) is 4. The van der Waals surface area contributed by atoms with Crippen LogP contribution >= 0.6 is 35.6 Å². The van der Waals surface area contributed by atoms with Crippen molar-refractivity contribution in [3.63, 3.8) is 0 Å². The van der Waals surface area contributed by atoms with E-state index in [-0.39, 0.29) is 24.0 Å². The maximum absolute atomic E-state index is 10.2. The first-order chi connectivity index (χ1) is 11.1. The Morgan fingerprint density at radius 3 is 2.62 bits per heavy atom. The lowest BCUT2D eigenvalue weighted by Crippen LogP contribution is -2.39. The van der Waals surface area contributed by atoms with Crippen LogP contribution in [0.2, 0.25) is 5.02 Å². The van der Waals surface area contributed by atoms with Crippen molar-refractivity contribution in [2.45, 2.75) is 19.6 Å². The normalized spacial score (nSPS) is 12.4. The highest BCUT2D eigenvalue weighted by molar-refractivity contribution is 14.0. The number of aryl methyl sites for hydroxylation is 1. The zero-order valence-electron chi connectivity index (χ0n) is 13.6. The predicted molar refractivity (Wildman–Crippen MR) is 106 cm³/mol. The van der Waals surface area contributed by atoms with Gasteiger partial charge in [0.15, 0.2) is 5.96 Å². The molecule has 2 rings (SSSR count). The molecular formula is C15H22ClIN6O. The summed E-state index contributed by atoms with van der Waals surface area (Å²) in [6, 6.07) is 7.12. The van der Waals surface area contributed by atoms with E-state index < -0.39 is 6.10 Å². The highest BCUT2D eigenvalue weighted by Crippen LogP contribution is 2.15. The summed E-state index contributed by atoms with van der Waals surface area (Å²) in [7, 11) is 1.82. The number of hydrogen-bond acceptors (Lipinski definition) is 4. The van der Waals surface area contributed by atoms with Crippen molar-refractivity contribution in [2.75, 3.05) is 13.1 Å². The van der Waals surface area contributed by atoms with Crippen LogP contribution in [-0.4, -0.2) is 38.9 Å². The number of nitrogens with one attached hydrogen (secondary N) is 2. The van der Waals surface area contributed by atoms with Crippen molar-refractivity contribution >= 4 is 41.5 Å². The summed E-state index contributed by atoms with van der Waals surface area (Å²) in [6.45, 7) is 3.45. The highest BCUT2D eigenvalue weighted by Gasteiger charge is 2.08. The monoisotopic (exact) mass is 464 g/mol. The fourth-order valence-corrected chi connectivity index (χ4v) is 2.08. The van der Waals surface area contributed by atoms with Crippen LogP contribution in [0.25, 0.3) is 0 Å². The number of benzene rings is 1. The second kappa shape index (κ2) is 10.5. The van der Waals surface area contributed by atoms with Crippen LogP contribution < -0.4 is 10.6 Å². The molecular weight excluding hydrogens is 443 g/mol. The minimum absolute atomic E-state index is 0. The van der Waals surface area contributed by atoms with Crippen LogP contribution in [0.4, 0.5) is 0 Å². The van der Waals surface area contributed by atoms with E-state index in [1.807, 2.05) is 14.0 Å². The lowest BCUT2D eigenvalue weighted by molar-refractivity contribution is 0.181. The van der Waals surface area contributed by atoms with E-state index in [9.17, 15) is 5.11 Å². The Balaban J connectivity index is 0.00000288. The van der Waals surface area contributed by atoms with Gasteiger partial charge in [-0.15, -0.1) is 24.0 Å². The van der Waals surface area contributed by atoms with E-state index in [1.165, 1.54) is 6.33 Å². The molecule has 1 heterocycles. The number of hydrogen-bond donors (Lipinski definition) is 3. The van der Waals surface area contributed by atoms with Crippen LogP contribution in [-0.2, 0) is 13.6 Å². The molecule has 0 saturated carbocycles. The summed E-state index contributed by atoms with van der Waals surface area (Å²) >= 11 is 5.85. The van der Waals surface area contributed by atoms with E-state index in [1.54, 1.807) is 28.9 Å². The molecule has 0 amide bonds. The van der Waals surface area contributed by atoms with E-state index in [2.05, 4.69) is 25.7 Å². The van der Waals surface area contributed by atoms with Gasteiger partial charge in [-0.3, -0.25) is 4.68 Å². The molecule has 0 saturated heterocycles. The van der Waals surface area contributed by atoms with Gasteiger partial charge < -0.3 is 15.7 Å². The molecule has 0 radical (unpaired) electrons. The fourth-order valence-electron chi connectivity index (χ4n) is 1.95. The molecule has 24 heavy (non-hydrogen) atoms. The molecule has 0 aliphatic heterocycles. The predicted octanol–water partition coefficient (Wildman–Crippen LogP) is 1.88. The van der Waals surface area contributed by atoms with Gasteiger partial charge in [-0.25, -0.2) is 9.98 Å². The van der Waals surface area contributed by atoms with Crippen LogP contribution in [0.5, 0.6) is 0 Å². The molecule has 0 aliphatic carbocycles. The number of aliphatic hydroxyl groups excluding tert-OH is 1. The maximum Gasteiger partial charge on any atom is 0.191 e. The molecule has 1 unspecified atom stereocenters. The fraction of sp³-hybridized carbons (Fsp3) is 0.400. The maximum atomic E-state index is 10.2. The summed E-state index contributed by atoms with van der Waals surface area (Å²) < 4.78 is 1.68. The summed E-state index contributed by atoms with van der Waals surface area (Å²) in [5.74, 6) is 1.38. The topological polar surface area (TPSA) is 87.4 Å². The Bertz CT molecular complexity index is 646. The second-order valence-corrected chi connectivity index (χ2v) is 5.38. The molecule has 0 bridgehead atoms. The van der Waals surface area contributed by atoms with Crippen molar-refractivity contribution in [3.05, 3.63) is 47.0 Å². The van der Waals surface area contributed by atoms with Crippen molar-refractivity contribution in [3.8, 4) is 0 Å². The number of rotatable bonds is 6. The minimum atomic E-state index is -0.647. The molecule has 0 aliphatic rings. The van der Waals surface area contributed by atoms with E-state index in [0.717, 1.165) is 17.9 Å². The first-order valence-electron chi connectivity index (χ1n) is 7.38. The highest BCUT2D eigenvalue weighted by atomic mass is 127. The van der Waals surface area contributed by atoms with Gasteiger partial charge in [0.05, 0.1) is 6.10 Å². The van der Waals surface area contributed by atoms with E-state index >= 15 is 0 Å². The lowest BCUT2D eigenvalue weighted by atomic mass is 10.1. The molecule has 1 atom stereocenters. The van der Waals surface area contributed by atoms with Gasteiger partial charge >= 0.3 is 0 Å². The Morgan fingerprint density at radius 2 is 2.04 bits per heavy atom. The number of aliphatic hydroxyl groups is 1. The number of halogens is 2. The van der Waals surface area contributed by atoms with Crippen LogP contribution in [0, 0.1) is 0 Å². The molecule has 0 spiro atoms. The third kappa shape index (κ3) is 6.25.